The molecule has 0 spiro atoms. The molecule has 1 aromatic rings. The van der Waals surface area contributed by atoms with Gasteiger partial charge in [-0.2, -0.15) is 0 Å². The molecule has 2 fully saturated rings. The summed E-state index contributed by atoms with van der Waals surface area (Å²) in [6.45, 7) is 1.39. The molecule has 0 bridgehead atoms. The van der Waals surface area contributed by atoms with E-state index in [1.54, 1.807) is 0 Å². The van der Waals surface area contributed by atoms with E-state index in [2.05, 4.69) is 41.7 Å². The molecule has 0 aromatic heterocycles. The highest BCUT2D eigenvalue weighted by Gasteiger charge is 2.18. The van der Waals surface area contributed by atoms with E-state index in [4.69, 9.17) is 21.7 Å². The minimum atomic E-state index is -0.0364. The second kappa shape index (κ2) is 10.0. The predicted molar refractivity (Wildman–Crippen MR) is 108 cm³/mol. The summed E-state index contributed by atoms with van der Waals surface area (Å²) in [6.07, 6.45) is 13.9. The molecule has 3 rings (SSSR count). The van der Waals surface area contributed by atoms with Crippen molar-refractivity contribution in [1.82, 2.24) is 0 Å². The summed E-state index contributed by atoms with van der Waals surface area (Å²) in [5, 5.41) is 3.49. The van der Waals surface area contributed by atoms with Crippen LogP contribution in [0.25, 0.3) is 6.08 Å². The lowest BCUT2D eigenvalue weighted by molar-refractivity contribution is -0.155. The number of benzene rings is 1. The molecule has 1 saturated heterocycles. The van der Waals surface area contributed by atoms with Crippen LogP contribution in [0, 0.1) is 5.92 Å². The van der Waals surface area contributed by atoms with Crippen molar-refractivity contribution in [3.05, 3.63) is 35.9 Å². The Labute approximate surface area is 156 Å². The summed E-state index contributed by atoms with van der Waals surface area (Å²) in [6, 6.07) is 8.31. The predicted octanol–water partition coefficient (Wildman–Crippen LogP) is 5.56. The van der Waals surface area contributed by atoms with Crippen LogP contribution in [0.5, 0.6) is 0 Å². The van der Waals surface area contributed by atoms with Gasteiger partial charge in [-0.05, 0) is 43.7 Å². The van der Waals surface area contributed by atoms with Crippen molar-refractivity contribution in [3.8, 4) is 0 Å². The van der Waals surface area contributed by atoms with Gasteiger partial charge in [0, 0.05) is 18.2 Å². The highest BCUT2D eigenvalue weighted by Crippen LogP contribution is 2.27. The van der Waals surface area contributed by atoms with Crippen molar-refractivity contribution < 1.29 is 9.47 Å². The monoisotopic (exact) mass is 359 g/mol. The van der Waals surface area contributed by atoms with E-state index in [-0.39, 0.29) is 6.29 Å². The van der Waals surface area contributed by atoms with Gasteiger partial charge < -0.3 is 14.8 Å². The quantitative estimate of drug-likeness (QED) is 0.673. The van der Waals surface area contributed by atoms with Crippen molar-refractivity contribution in [1.29, 1.82) is 0 Å². The average Bonchev–Trinajstić information content (AvgIpc) is 2.68. The molecule has 1 unspecified atom stereocenters. The van der Waals surface area contributed by atoms with Crippen LogP contribution in [0.2, 0.25) is 0 Å². The smallest absolute Gasteiger partial charge is 0.157 e. The Morgan fingerprint density at radius 1 is 1.12 bits per heavy atom. The molecule has 1 aliphatic carbocycles. The van der Waals surface area contributed by atoms with Crippen LogP contribution >= 0.6 is 12.2 Å². The summed E-state index contributed by atoms with van der Waals surface area (Å²) in [5.74, 6) is 0.535. The number of hydrogen-bond donors (Lipinski definition) is 1. The first kappa shape index (κ1) is 18.6. The maximum Gasteiger partial charge on any atom is 0.157 e. The molecule has 1 saturated carbocycles. The largest absolute Gasteiger partial charge is 0.353 e. The maximum absolute atomic E-state index is 5.77. The minimum absolute atomic E-state index is 0.0364. The number of ether oxygens (including phenoxy) is 2. The lowest BCUT2D eigenvalue weighted by Gasteiger charge is -2.23. The van der Waals surface area contributed by atoms with Gasteiger partial charge in [0.1, 0.15) is 0 Å². The highest BCUT2D eigenvalue weighted by atomic mass is 32.1. The molecule has 136 valence electrons. The number of thiocarbonyl (C=S) groups is 1. The van der Waals surface area contributed by atoms with Crippen LogP contribution in [-0.4, -0.2) is 24.5 Å². The normalized spacial score (nSPS) is 22.2. The fraction of sp³-hybridized carbons (Fsp3) is 0.571. The van der Waals surface area contributed by atoms with Gasteiger partial charge in [0.25, 0.3) is 0 Å². The van der Waals surface area contributed by atoms with Crippen LogP contribution in [0.15, 0.2) is 30.3 Å². The van der Waals surface area contributed by atoms with Gasteiger partial charge in [-0.15, -0.1) is 0 Å². The molecular formula is C21H29NO2S. The Kier molecular flexibility index (Phi) is 7.46. The van der Waals surface area contributed by atoms with Crippen LogP contribution in [0.4, 0.5) is 5.69 Å². The number of para-hydroxylation sites is 1. The van der Waals surface area contributed by atoms with E-state index in [0.29, 0.717) is 12.5 Å². The topological polar surface area (TPSA) is 30.5 Å². The van der Waals surface area contributed by atoms with Gasteiger partial charge in [-0.3, -0.25) is 0 Å². The first-order valence-electron chi connectivity index (χ1n) is 9.62. The van der Waals surface area contributed by atoms with Crippen molar-refractivity contribution in [2.45, 2.75) is 57.7 Å². The Bertz CT molecular complexity index is 575. The van der Waals surface area contributed by atoms with E-state index in [1.807, 2.05) is 0 Å². The fourth-order valence-electron chi connectivity index (χ4n) is 3.54. The van der Waals surface area contributed by atoms with Crippen molar-refractivity contribution in [2.24, 2.45) is 5.92 Å². The Balaban J connectivity index is 1.52. The standard InChI is InChI=1S/C21H29NO2S/c25-21(18-10-2-1-3-11-18)22-19-13-5-4-9-17(19)12-8-16-24-20-14-6-7-15-23-20/h4-5,8-9,12-13,18,20H,1-3,6-7,10-11,14-16H2,(H,22,25)/b12-8-. The lowest BCUT2D eigenvalue weighted by Crippen LogP contribution is -2.23. The molecule has 0 amide bonds. The summed E-state index contributed by atoms with van der Waals surface area (Å²) in [4.78, 5) is 0.993. The number of anilines is 1. The molecule has 4 heteroatoms. The Morgan fingerprint density at radius 3 is 2.72 bits per heavy atom. The number of rotatable bonds is 6. The van der Waals surface area contributed by atoms with Crippen LogP contribution in [-0.2, 0) is 9.47 Å². The molecule has 0 radical (unpaired) electrons. The van der Waals surface area contributed by atoms with Crippen LogP contribution in [0.3, 0.4) is 0 Å². The zero-order valence-electron chi connectivity index (χ0n) is 14.9. The van der Waals surface area contributed by atoms with Gasteiger partial charge in [0.2, 0.25) is 0 Å². The van der Waals surface area contributed by atoms with Crippen LogP contribution in [0.1, 0.15) is 56.9 Å². The molecule has 1 N–H and O–H groups in total. The molecule has 1 heterocycles. The highest BCUT2D eigenvalue weighted by molar-refractivity contribution is 7.80. The van der Waals surface area contributed by atoms with Gasteiger partial charge in [-0.25, -0.2) is 0 Å². The fourth-order valence-corrected chi connectivity index (χ4v) is 3.88. The summed E-state index contributed by atoms with van der Waals surface area (Å²) >= 11 is 5.66. The summed E-state index contributed by atoms with van der Waals surface area (Å²) < 4.78 is 11.4. The van der Waals surface area contributed by atoms with E-state index < -0.39 is 0 Å². The third-order valence-corrected chi connectivity index (χ3v) is 5.44. The number of hydrogen-bond acceptors (Lipinski definition) is 3. The molecule has 1 atom stereocenters. The molecule has 3 nitrogen and oxygen atoms in total. The van der Waals surface area contributed by atoms with Gasteiger partial charge >= 0.3 is 0 Å². The maximum atomic E-state index is 5.77. The van der Waals surface area contributed by atoms with Crippen molar-refractivity contribution in [3.63, 3.8) is 0 Å². The van der Waals surface area contributed by atoms with Gasteiger partial charge in [0.05, 0.1) is 11.6 Å². The molecular weight excluding hydrogens is 330 g/mol. The number of nitrogens with one attached hydrogen (secondary N) is 1. The van der Waals surface area contributed by atoms with Crippen LogP contribution < -0.4 is 5.32 Å². The SMILES string of the molecule is S=C(Nc1ccccc1/C=C\COC1CCCCO1)C1CCCCC1. The zero-order valence-corrected chi connectivity index (χ0v) is 15.7. The molecule has 1 aliphatic heterocycles. The summed E-state index contributed by atoms with van der Waals surface area (Å²) in [7, 11) is 0. The molecule has 2 aliphatic rings. The Hall–Kier alpha value is -1.23. The van der Waals surface area contributed by atoms with E-state index in [1.165, 1.54) is 38.5 Å². The minimum Gasteiger partial charge on any atom is -0.353 e. The van der Waals surface area contributed by atoms with E-state index >= 15 is 0 Å². The third-order valence-electron chi connectivity index (χ3n) is 5.01. The van der Waals surface area contributed by atoms with E-state index in [9.17, 15) is 0 Å². The van der Waals surface area contributed by atoms with E-state index in [0.717, 1.165) is 35.7 Å². The first-order valence-corrected chi connectivity index (χ1v) is 10.0. The zero-order chi connectivity index (χ0) is 17.3. The van der Waals surface area contributed by atoms with Crippen molar-refractivity contribution >= 4 is 29.0 Å². The van der Waals surface area contributed by atoms with Crippen molar-refractivity contribution in [2.75, 3.05) is 18.5 Å². The molecule has 25 heavy (non-hydrogen) atoms. The lowest BCUT2D eigenvalue weighted by atomic mass is 9.89. The van der Waals surface area contributed by atoms with Gasteiger partial charge in [-0.1, -0.05) is 61.8 Å². The first-order chi connectivity index (χ1) is 12.3. The second-order valence-electron chi connectivity index (χ2n) is 6.94. The van der Waals surface area contributed by atoms with Gasteiger partial charge in [0.15, 0.2) is 6.29 Å². The Morgan fingerprint density at radius 2 is 1.92 bits per heavy atom. The molecule has 1 aromatic carbocycles. The third kappa shape index (κ3) is 5.91. The average molecular weight is 360 g/mol. The second-order valence-corrected chi connectivity index (χ2v) is 7.38. The summed E-state index contributed by atoms with van der Waals surface area (Å²) in [5.41, 5.74) is 2.23.